The fourth-order valence-electron chi connectivity index (χ4n) is 2.13. The molecule has 1 saturated carbocycles. The van der Waals surface area contributed by atoms with Gasteiger partial charge in [-0.15, -0.1) is 0 Å². The van der Waals surface area contributed by atoms with Gasteiger partial charge in [-0.05, 0) is 0 Å². The molecule has 1 fully saturated rings. The summed E-state index contributed by atoms with van der Waals surface area (Å²) in [5.74, 6) is 0. The molecule has 2 heteroatoms. The van der Waals surface area contributed by atoms with Gasteiger partial charge in [0.15, 0.2) is 0 Å². The van der Waals surface area contributed by atoms with Crippen molar-refractivity contribution in [2.75, 3.05) is 0 Å². The van der Waals surface area contributed by atoms with E-state index in [1.54, 1.807) is 0 Å². The van der Waals surface area contributed by atoms with Gasteiger partial charge in [-0.2, -0.15) is 0 Å². The van der Waals surface area contributed by atoms with Gasteiger partial charge in [-0.25, -0.2) is 0 Å². The third-order valence-electron chi connectivity index (χ3n) is 3.76. The van der Waals surface area contributed by atoms with Crippen LogP contribution < -0.4 is 0 Å². The molecule has 0 unspecified atom stereocenters. The zero-order chi connectivity index (χ0) is 9.41. The monoisotopic (exact) mass is 278 g/mol. The van der Waals surface area contributed by atoms with Gasteiger partial charge in [0.05, 0.1) is 0 Å². The fourth-order valence-corrected chi connectivity index (χ4v) is 7.20. The first-order valence-electron chi connectivity index (χ1n) is 5.03. The Morgan fingerprint density at radius 3 is 2.25 bits per heavy atom. The van der Waals surface area contributed by atoms with Crippen molar-refractivity contribution in [1.82, 2.24) is 0 Å². The summed E-state index contributed by atoms with van der Waals surface area (Å²) in [6.07, 6.45) is 4.72. The molecule has 0 aromatic heterocycles. The van der Waals surface area contributed by atoms with E-state index >= 15 is 0 Å². The van der Waals surface area contributed by atoms with Gasteiger partial charge in [0.25, 0.3) is 0 Å². The predicted octanol–water partition coefficient (Wildman–Crippen LogP) is 3.02. The van der Waals surface area contributed by atoms with Gasteiger partial charge in [0.1, 0.15) is 0 Å². The van der Waals surface area contributed by atoms with Crippen molar-refractivity contribution in [3.05, 3.63) is 0 Å². The van der Waals surface area contributed by atoms with Gasteiger partial charge in [-0.3, -0.25) is 0 Å². The molecule has 0 aromatic carbocycles. The second-order valence-corrected chi connectivity index (χ2v) is 21.8. The molecule has 0 amide bonds. The number of hydrogen-bond donors (Lipinski definition) is 1. The zero-order valence-corrected chi connectivity index (χ0v) is 11.7. The van der Waals surface area contributed by atoms with Crippen molar-refractivity contribution in [3.63, 3.8) is 0 Å². The van der Waals surface area contributed by atoms with E-state index in [4.69, 9.17) is 0 Å². The predicted molar refractivity (Wildman–Crippen MR) is 56.2 cm³/mol. The molecule has 1 nitrogen and oxygen atoms in total. The molecule has 0 heterocycles. The van der Waals surface area contributed by atoms with E-state index in [1.165, 1.54) is 12.8 Å². The maximum absolute atomic E-state index is 9.64. The molecular formula is C10H22OSn. The van der Waals surface area contributed by atoms with E-state index in [0.717, 1.165) is 12.8 Å². The third-order valence-corrected chi connectivity index (χ3v) is 15.4. The van der Waals surface area contributed by atoms with Gasteiger partial charge < -0.3 is 0 Å². The first kappa shape index (κ1) is 10.8. The van der Waals surface area contributed by atoms with Crippen molar-refractivity contribution in [2.24, 2.45) is 0 Å². The molecule has 1 aliphatic rings. The summed E-state index contributed by atoms with van der Waals surface area (Å²) in [6, 6.07) is 0. The topological polar surface area (TPSA) is 20.2 Å². The molecule has 0 radical (unpaired) electrons. The van der Waals surface area contributed by atoms with E-state index in [1.807, 2.05) is 0 Å². The van der Waals surface area contributed by atoms with Crippen LogP contribution in [0.1, 0.15) is 32.6 Å². The first-order valence-corrected chi connectivity index (χ1v) is 15.0. The summed E-state index contributed by atoms with van der Waals surface area (Å²) in [4.78, 5) is 7.48. The van der Waals surface area contributed by atoms with Crippen LogP contribution in [0.2, 0.25) is 18.2 Å². The SMILES string of the molecule is C[C@@]1([Sn]([CH3])([CH3])[CH3])CCC[C@H](O)C1. The van der Waals surface area contributed by atoms with Crippen molar-refractivity contribution >= 4 is 18.4 Å². The second kappa shape index (κ2) is 3.49. The van der Waals surface area contributed by atoms with Crippen LogP contribution in [0.4, 0.5) is 0 Å². The molecule has 12 heavy (non-hydrogen) atoms. The van der Waals surface area contributed by atoms with Crippen LogP contribution in [-0.4, -0.2) is 29.6 Å². The van der Waals surface area contributed by atoms with Crippen LogP contribution in [0.5, 0.6) is 0 Å². The van der Waals surface area contributed by atoms with Crippen molar-refractivity contribution in [3.8, 4) is 0 Å². The van der Waals surface area contributed by atoms with Crippen LogP contribution in [0.15, 0.2) is 0 Å². The second-order valence-electron chi connectivity index (χ2n) is 5.56. The minimum absolute atomic E-state index is 0.000301. The van der Waals surface area contributed by atoms with E-state index in [-0.39, 0.29) is 6.10 Å². The Morgan fingerprint density at radius 1 is 1.33 bits per heavy atom. The molecule has 2 atom stereocenters. The number of aliphatic hydroxyl groups is 1. The summed E-state index contributed by atoms with van der Waals surface area (Å²) < 4.78 is 0.548. The van der Waals surface area contributed by atoms with E-state index in [2.05, 4.69) is 21.7 Å². The first-order chi connectivity index (χ1) is 5.35. The quantitative estimate of drug-likeness (QED) is 0.730. The van der Waals surface area contributed by atoms with Crippen LogP contribution >= 0.6 is 0 Å². The Morgan fingerprint density at radius 2 is 1.92 bits per heavy atom. The van der Waals surface area contributed by atoms with Gasteiger partial charge in [0.2, 0.25) is 0 Å². The van der Waals surface area contributed by atoms with Gasteiger partial charge >= 0.3 is 80.4 Å². The molecule has 0 saturated heterocycles. The maximum atomic E-state index is 9.64. The standard InChI is InChI=1S/C7H13O.3CH3.Sn/c1-6-3-2-4-7(8)5-6;;;;/h7-8H,2-5H2,1H3;3*1H3;/t7-;;;;/m0..../s1. The molecule has 0 aromatic rings. The Kier molecular flexibility index (Phi) is 3.15. The van der Waals surface area contributed by atoms with E-state index < -0.39 is 18.4 Å². The van der Waals surface area contributed by atoms with E-state index in [9.17, 15) is 5.11 Å². The Hall–Kier alpha value is 0.759. The van der Waals surface area contributed by atoms with Crippen LogP contribution in [0.25, 0.3) is 0 Å². The van der Waals surface area contributed by atoms with Gasteiger partial charge in [-0.1, -0.05) is 0 Å². The summed E-state index contributed by atoms with van der Waals surface area (Å²) in [5, 5.41) is 9.64. The summed E-state index contributed by atoms with van der Waals surface area (Å²) in [7, 11) is 0. The zero-order valence-electron chi connectivity index (χ0n) is 8.85. The number of rotatable bonds is 1. The average molecular weight is 277 g/mol. The molecule has 0 spiro atoms. The Bertz CT molecular complexity index is 162. The Labute approximate surface area is 80.4 Å². The minimum atomic E-state index is -1.80. The van der Waals surface area contributed by atoms with Crippen LogP contribution in [0.3, 0.4) is 0 Å². The summed E-state index contributed by atoms with van der Waals surface area (Å²) >= 11 is -1.80. The average Bonchev–Trinajstić information content (AvgIpc) is 1.83. The Balaban J connectivity index is 2.70. The number of hydrogen-bond acceptors (Lipinski definition) is 1. The molecule has 72 valence electrons. The van der Waals surface area contributed by atoms with Crippen LogP contribution in [0, 0.1) is 0 Å². The fraction of sp³-hybridized carbons (Fsp3) is 1.00. The summed E-state index contributed by atoms with van der Waals surface area (Å²) in [6.45, 7) is 2.41. The van der Waals surface area contributed by atoms with Gasteiger partial charge in [0, 0.05) is 0 Å². The van der Waals surface area contributed by atoms with Crippen molar-refractivity contribution in [2.45, 2.75) is 57.0 Å². The molecule has 1 rings (SSSR count). The van der Waals surface area contributed by atoms with Crippen molar-refractivity contribution in [1.29, 1.82) is 0 Å². The third kappa shape index (κ3) is 2.16. The van der Waals surface area contributed by atoms with E-state index in [0.29, 0.717) is 3.43 Å². The molecule has 0 bridgehead atoms. The summed E-state index contributed by atoms with van der Waals surface area (Å²) in [5.41, 5.74) is 0. The normalized spacial score (nSPS) is 38.2. The van der Waals surface area contributed by atoms with Crippen LogP contribution in [-0.2, 0) is 0 Å². The molecule has 1 N–H and O–H groups in total. The van der Waals surface area contributed by atoms with Crippen molar-refractivity contribution < 1.29 is 5.11 Å². The molecular weight excluding hydrogens is 255 g/mol. The number of aliphatic hydroxyl groups excluding tert-OH is 1. The molecule has 0 aliphatic heterocycles. The molecule has 1 aliphatic carbocycles.